The normalized spacial score (nSPS) is 15.1. The first-order valence-electron chi connectivity index (χ1n) is 8.28. The van der Waals surface area contributed by atoms with Crippen molar-refractivity contribution in [3.05, 3.63) is 46.3 Å². The predicted molar refractivity (Wildman–Crippen MR) is 98.5 cm³/mol. The number of nitrogens with zero attached hydrogens (tertiary/aromatic N) is 2. The molecule has 0 bridgehead atoms. The third-order valence-electron chi connectivity index (χ3n) is 4.21. The number of anilines is 2. The van der Waals surface area contributed by atoms with Crippen LogP contribution in [0.2, 0.25) is 0 Å². The van der Waals surface area contributed by atoms with Gasteiger partial charge < -0.3 is 10.6 Å². The van der Waals surface area contributed by atoms with Crippen molar-refractivity contribution in [1.82, 2.24) is 15.3 Å². The lowest BCUT2D eigenvalue weighted by Crippen LogP contribution is -2.36. The van der Waals surface area contributed by atoms with Crippen molar-refractivity contribution < 1.29 is 4.79 Å². The van der Waals surface area contributed by atoms with Gasteiger partial charge in [-0.05, 0) is 53.4 Å². The van der Waals surface area contributed by atoms with E-state index in [4.69, 9.17) is 0 Å². The summed E-state index contributed by atoms with van der Waals surface area (Å²) in [5.41, 5.74) is 2.44. The monoisotopic (exact) mass is 388 g/mol. The number of aromatic nitrogens is 2. The molecule has 1 amide bonds. The molecule has 1 aliphatic rings. The summed E-state index contributed by atoms with van der Waals surface area (Å²) in [5, 5.41) is 6.25. The lowest BCUT2D eigenvalue weighted by Gasteiger charge is -2.22. The van der Waals surface area contributed by atoms with Crippen LogP contribution in [0, 0.1) is 6.92 Å². The van der Waals surface area contributed by atoms with Crippen LogP contribution in [0.25, 0.3) is 0 Å². The Labute approximate surface area is 150 Å². The summed E-state index contributed by atoms with van der Waals surface area (Å²) in [4.78, 5) is 20.8. The molecule has 126 valence electrons. The van der Waals surface area contributed by atoms with Crippen molar-refractivity contribution in [2.45, 2.75) is 45.1 Å². The van der Waals surface area contributed by atoms with E-state index in [9.17, 15) is 4.79 Å². The Hall–Kier alpha value is -1.95. The summed E-state index contributed by atoms with van der Waals surface area (Å²) in [6.45, 7) is 2.04. The number of benzene rings is 1. The van der Waals surface area contributed by atoms with Crippen LogP contribution in [0.1, 0.15) is 48.2 Å². The number of rotatable bonds is 4. The van der Waals surface area contributed by atoms with Gasteiger partial charge in [0.15, 0.2) is 0 Å². The molecule has 1 aliphatic carbocycles. The van der Waals surface area contributed by atoms with E-state index in [-0.39, 0.29) is 11.9 Å². The second kappa shape index (κ2) is 7.75. The van der Waals surface area contributed by atoms with Crippen molar-refractivity contribution in [2.75, 3.05) is 5.32 Å². The molecular formula is C18H21BrN4O. The second-order valence-corrected chi connectivity index (χ2v) is 7.06. The van der Waals surface area contributed by atoms with E-state index in [2.05, 4.69) is 36.5 Å². The van der Waals surface area contributed by atoms with Gasteiger partial charge in [-0.25, -0.2) is 9.97 Å². The maximum atomic E-state index is 12.2. The lowest BCUT2D eigenvalue weighted by molar-refractivity contribution is 0.0922. The SMILES string of the molecule is Cc1ccc(Nc2cnc(C(=O)NC3CCCCC3)cn2)c(Br)c1. The quantitative estimate of drug-likeness (QED) is 0.816. The molecule has 1 aromatic carbocycles. The average Bonchev–Trinajstić information content (AvgIpc) is 2.59. The Kier molecular flexibility index (Phi) is 5.45. The zero-order chi connectivity index (χ0) is 16.9. The standard InChI is InChI=1S/C18H21BrN4O/c1-12-7-8-15(14(19)9-12)23-17-11-20-16(10-21-17)18(24)22-13-5-3-2-4-6-13/h7-11,13H,2-6H2,1H3,(H,21,23)(H,22,24). The zero-order valence-electron chi connectivity index (χ0n) is 13.7. The smallest absolute Gasteiger partial charge is 0.271 e. The van der Waals surface area contributed by atoms with E-state index in [0.717, 1.165) is 23.0 Å². The maximum Gasteiger partial charge on any atom is 0.271 e. The van der Waals surface area contributed by atoms with E-state index in [0.29, 0.717) is 11.5 Å². The Bertz CT molecular complexity index is 711. The number of hydrogen-bond donors (Lipinski definition) is 2. The van der Waals surface area contributed by atoms with Gasteiger partial charge in [0.25, 0.3) is 5.91 Å². The van der Waals surface area contributed by atoms with Crippen molar-refractivity contribution in [1.29, 1.82) is 0 Å². The molecule has 1 heterocycles. The van der Waals surface area contributed by atoms with E-state index in [1.54, 1.807) is 6.20 Å². The molecule has 2 aromatic rings. The summed E-state index contributed by atoms with van der Waals surface area (Å²) in [5.74, 6) is 0.464. The summed E-state index contributed by atoms with van der Waals surface area (Å²) < 4.78 is 0.961. The number of nitrogens with one attached hydrogen (secondary N) is 2. The van der Waals surface area contributed by atoms with Crippen LogP contribution in [0.15, 0.2) is 35.1 Å². The first kappa shape index (κ1) is 16.9. The molecule has 0 saturated heterocycles. The van der Waals surface area contributed by atoms with Gasteiger partial charge in [-0.2, -0.15) is 0 Å². The minimum Gasteiger partial charge on any atom is -0.348 e. The van der Waals surface area contributed by atoms with Crippen molar-refractivity contribution in [2.24, 2.45) is 0 Å². The highest BCUT2D eigenvalue weighted by atomic mass is 79.9. The zero-order valence-corrected chi connectivity index (χ0v) is 15.3. The first-order chi connectivity index (χ1) is 11.6. The lowest BCUT2D eigenvalue weighted by atomic mass is 9.95. The molecule has 5 nitrogen and oxygen atoms in total. The van der Waals surface area contributed by atoms with Crippen molar-refractivity contribution in [3.63, 3.8) is 0 Å². The highest BCUT2D eigenvalue weighted by molar-refractivity contribution is 9.10. The van der Waals surface area contributed by atoms with Crippen LogP contribution in [0.5, 0.6) is 0 Å². The van der Waals surface area contributed by atoms with Gasteiger partial charge in [-0.1, -0.05) is 25.3 Å². The largest absolute Gasteiger partial charge is 0.348 e. The Morgan fingerprint density at radius 3 is 2.62 bits per heavy atom. The minimum atomic E-state index is -0.141. The molecule has 3 rings (SSSR count). The molecule has 1 fully saturated rings. The Morgan fingerprint density at radius 2 is 1.96 bits per heavy atom. The number of carbonyl (C=O) groups is 1. The molecule has 0 radical (unpaired) electrons. The predicted octanol–water partition coefficient (Wildman–Crippen LogP) is 4.35. The van der Waals surface area contributed by atoms with Crippen LogP contribution in [-0.2, 0) is 0 Å². The van der Waals surface area contributed by atoms with Crippen LogP contribution in [-0.4, -0.2) is 21.9 Å². The molecule has 0 atom stereocenters. The molecular weight excluding hydrogens is 368 g/mol. The highest BCUT2D eigenvalue weighted by Gasteiger charge is 2.17. The van der Waals surface area contributed by atoms with Gasteiger partial charge in [0.2, 0.25) is 0 Å². The molecule has 1 aromatic heterocycles. The van der Waals surface area contributed by atoms with Gasteiger partial charge in [0, 0.05) is 10.5 Å². The van der Waals surface area contributed by atoms with Gasteiger partial charge in [-0.3, -0.25) is 4.79 Å². The fourth-order valence-electron chi connectivity index (χ4n) is 2.88. The average molecular weight is 389 g/mol. The molecule has 1 saturated carbocycles. The molecule has 2 N–H and O–H groups in total. The number of halogens is 1. The molecule has 6 heteroatoms. The number of hydrogen-bond acceptors (Lipinski definition) is 4. The Balaban J connectivity index is 1.63. The van der Waals surface area contributed by atoms with E-state index < -0.39 is 0 Å². The second-order valence-electron chi connectivity index (χ2n) is 6.20. The minimum absolute atomic E-state index is 0.141. The topological polar surface area (TPSA) is 66.9 Å². The number of aryl methyl sites for hydroxylation is 1. The third-order valence-corrected chi connectivity index (χ3v) is 4.87. The third kappa shape index (κ3) is 4.32. The van der Waals surface area contributed by atoms with E-state index in [1.807, 2.05) is 25.1 Å². The number of carbonyl (C=O) groups excluding carboxylic acids is 1. The fraction of sp³-hybridized carbons (Fsp3) is 0.389. The van der Waals surface area contributed by atoms with Crippen LogP contribution < -0.4 is 10.6 Å². The van der Waals surface area contributed by atoms with Crippen LogP contribution in [0.3, 0.4) is 0 Å². The summed E-state index contributed by atoms with van der Waals surface area (Å²) in [6, 6.07) is 6.30. The van der Waals surface area contributed by atoms with Gasteiger partial charge in [-0.15, -0.1) is 0 Å². The van der Waals surface area contributed by atoms with Crippen LogP contribution >= 0.6 is 15.9 Å². The van der Waals surface area contributed by atoms with Crippen LogP contribution in [0.4, 0.5) is 11.5 Å². The first-order valence-corrected chi connectivity index (χ1v) is 9.07. The van der Waals surface area contributed by atoms with E-state index in [1.165, 1.54) is 31.0 Å². The van der Waals surface area contributed by atoms with Gasteiger partial charge >= 0.3 is 0 Å². The van der Waals surface area contributed by atoms with E-state index >= 15 is 0 Å². The fourth-order valence-corrected chi connectivity index (χ4v) is 3.47. The maximum absolute atomic E-state index is 12.2. The molecule has 0 spiro atoms. The van der Waals surface area contributed by atoms with Crippen molar-refractivity contribution >= 4 is 33.3 Å². The molecule has 0 aliphatic heterocycles. The molecule has 24 heavy (non-hydrogen) atoms. The summed E-state index contributed by atoms with van der Waals surface area (Å²) >= 11 is 3.52. The Morgan fingerprint density at radius 1 is 1.17 bits per heavy atom. The van der Waals surface area contributed by atoms with Gasteiger partial charge in [0.1, 0.15) is 11.5 Å². The van der Waals surface area contributed by atoms with Gasteiger partial charge in [0.05, 0.1) is 18.1 Å². The number of amides is 1. The van der Waals surface area contributed by atoms with Crippen molar-refractivity contribution in [3.8, 4) is 0 Å². The summed E-state index contributed by atoms with van der Waals surface area (Å²) in [6.07, 6.45) is 8.85. The highest BCUT2D eigenvalue weighted by Crippen LogP contribution is 2.25. The molecule has 0 unspecified atom stereocenters. The summed E-state index contributed by atoms with van der Waals surface area (Å²) in [7, 11) is 0.